The fourth-order valence-corrected chi connectivity index (χ4v) is 3.75. The van der Waals surface area contributed by atoms with Crippen molar-refractivity contribution < 1.29 is 9.53 Å². The summed E-state index contributed by atoms with van der Waals surface area (Å²) in [6, 6.07) is 4.58. The molecule has 5 rings (SSSR count). The largest absolute Gasteiger partial charge is 0.363 e. The van der Waals surface area contributed by atoms with E-state index in [9.17, 15) is 9.59 Å². The van der Waals surface area contributed by atoms with E-state index >= 15 is 0 Å². The van der Waals surface area contributed by atoms with E-state index in [0.717, 1.165) is 17.2 Å². The molecule has 2 aliphatic heterocycles. The molecule has 2 N–H and O–H groups in total. The molecule has 5 heterocycles. The van der Waals surface area contributed by atoms with Crippen LogP contribution in [-0.4, -0.2) is 59.4 Å². The number of pyridine rings is 1. The van der Waals surface area contributed by atoms with Crippen molar-refractivity contribution in [2.45, 2.75) is 25.2 Å². The summed E-state index contributed by atoms with van der Waals surface area (Å²) in [5, 5.41) is 15.2. The number of ether oxygens (including phenoxy) is 1. The number of H-pyrrole nitrogens is 2. The van der Waals surface area contributed by atoms with E-state index in [2.05, 4.69) is 25.4 Å². The number of likely N-dealkylation sites (tertiary alicyclic amines) is 1. The number of carbonyl (C=O) groups is 1. The second-order valence-electron chi connectivity index (χ2n) is 6.89. The molecule has 1 amide bonds. The lowest BCUT2D eigenvalue weighted by molar-refractivity contribution is -0.0805. The highest BCUT2D eigenvalue weighted by atomic mass is 16.5. The van der Waals surface area contributed by atoms with Gasteiger partial charge in [-0.15, -0.1) is 10.2 Å². The minimum atomic E-state index is -0.487. The summed E-state index contributed by atoms with van der Waals surface area (Å²) >= 11 is 0. The molecule has 1 fully saturated rings. The normalized spacial score (nSPS) is 21.6. The number of hydrogen-bond donors (Lipinski definition) is 2. The Hall–Kier alpha value is -3.27. The number of aromatic amines is 2. The van der Waals surface area contributed by atoms with Crippen LogP contribution in [0.5, 0.6) is 0 Å². The lowest BCUT2D eigenvalue weighted by Crippen LogP contribution is -2.45. The molecule has 0 bridgehead atoms. The van der Waals surface area contributed by atoms with Crippen LogP contribution in [0.4, 0.5) is 0 Å². The predicted molar refractivity (Wildman–Crippen MR) is 92.7 cm³/mol. The Labute approximate surface area is 153 Å². The SMILES string of the molecule is O=C(c1cccc(=O)[nH]1)N1CCC2(C1)Cn1c(nnc1-c1cn[nH]c1)CO2. The summed E-state index contributed by atoms with van der Waals surface area (Å²) in [4.78, 5) is 28.5. The van der Waals surface area contributed by atoms with Gasteiger partial charge in [0.05, 0.1) is 24.8 Å². The quantitative estimate of drug-likeness (QED) is 0.666. The number of fused-ring (bicyclic) bond motifs is 1. The minimum absolute atomic E-state index is 0.196. The van der Waals surface area contributed by atoms with E-state index in [1.165, 1.54) is 6.07 Å². The van der Waals surface area contributed by atoms with Crippen molar-refractivity contribution in [3.8, 4) is 11.4 Å². The van der Waals surface area contributed by atoms with Crippen LogP contribution in [0.15, 0.2) is 35.4 Å². The van der Waals surface area contributed by atoms with Crippen molar-refractivity contribution in [3.05, 3.63) is 52.5 Å². The number of nitrogens with one attached hydrogen (secondary N) is 2. The molecule has 0 saturated carbocycles. The zero-order chi connectivity index (χ0) is 18.4. The zero-order valence-corrected chi connectivity index (χ0v) is 14.4. The zero-order valence-electron chi connectivity index (χ0n) is 14.4. The number of rotatable bonds is 2. The molecule has 1 unspecified atom stereocenters. The van der Waals surface area contributed by atoms with E-state index in [0.29, 0.717) is 38.4 Å². The fraction of sp³-hybridized carbons (Fsp3) is 0.353. The minimum Gasteiger partial charge on any atom is -0.363 e. The maximum absolute atomic E-state index is 12.7. The number of aromatic nitrogens is 6. The van der Waals surface area contributed by atoms with E-state index in [4.69, 9.17) is 4.74 Å². The van der Waals surface area contributed by atoms with Gasteiger partial charge in [-0.3, -0.25) is 14.7 Å². The van der Waals surface area contributed by atoms with Crippen molar-refractivity contribution in [2.24, 2.45) is 0 Å². The highest BCUT2D eigenvalue weighted by Crippen LogP contribution is 2.34. The Kier molecular flexibility index (Phi) is 3.47. The van der Waals surface area contributed by atoms with Crippen molar-refractivity contribution >= 4 is 5.91 Å². The van der Waals surface area contributed by atoms with Crippen LogP contribution in [0.25, 0.3) is 11.4 Å². The first-order valence-electron chi connectivity index (χ1n) is 8.67. The Bertz CT molecular complexity index is 1050. The number of carbonyl (C=O) groups excluding carboxylic acids is 1. The number of nitrogens with zero attached hydrogens (tertiary/aromatic N) is 5. The smallest absolute Gasteiger partial charge is 0.270 e. The lowest BCUT2D eigenvalue weighted by atomic mass is 10.0. The summed E-state index contributed by atoms with van der Waals surface area (Å²) in [5.74, 6) is 1.30. The van der Waals surface area contributed by atoms with E-state index in [1.54, 1.807) is 29.4 Å². The average molecular weight is 367 g/mol. The van der Waals surface area contributed by atoms with Crippen LogP contribution in [-0.2, 0) is 17.9 Å². The van der Waals surface area contributed by atoms with Crippen molar-refractivity contribution in [1.82, 2.24) is 34.8 Å². The molecule has 1 spiro atoms. The molecule has 138 valence electrons. The van der Waals surface area contributed by atoms with Crippen LogP contribution < -0.4 is 5.56 Å². The monoisotopic (exact) mass is 367 g/mol. The van der Waals surface area contributed by atoms with Crippen LogP contribution in [0.2, 0.25) is 0 Å². The standard InChI is InChI=1S/C17H17N7O3/c25-14-3-1-2-12(20-14)16(26)23-5-4-17(9-23)10-24-13(8-27-17)21-22-15(24)11-6-18-19-7-11/h1-3,6-7H,4-5,8-10H2,(H,18,19)(H,20,25). The Morgan fingerprint density at radius 2 is 2.19 bits per heavy atom. The Balaban J connectivity index is 1.39. The average Bonchev–Trinajstić information content (AvgIpc) is 3.41. The third-order valence-electron chi connectivity index (χ3n) is 5.14. The van der Waals surface area contributed by atoms with Crippen molar-refractivity contribution in [1.29, 1.82) is 0 Å². The topological polar surface area (TPSA) is 122 Å². The maximum Gasteiger partial charge on any atom is 0.270 e. The molecular formula is C17H17N7O3. The first kappa shape index (κ1) is 15.9. The van der Waals surface area contributed by atoms with Crippen LogP contribution in [0, 0.1) is 0 Å². The van der Waals surface area contributed by atoms with E-state index in [1.807, 2.05) is 4.57 Å². The Morgan fingerprint density at radius 3 is 3.00 bits per heavy atom. The molecule has 10 nitrogen and oxygen atoms in total. The van der Waals surface area contributed by atoms with Gasteiger partial charge in [-0.2, -0.15) is 5.10 Å². The third kappa shape index (κ3) is 2.65. The molecule has 0 radical (unpaired) electrons. The highest BCUT2D eigenvalue weighted by Gasteiger charge is 2.45. The van der Waals surface area contributed by atoms with Crippen LogP contribution in [0.3, 0.4) is 0 Å². The van der Waals surface area contributed by atoms with Gasteiger partial charge >= 0.3 is 0 Å². The summed E-state index contributed by atoms with van der Waals surface area (Å²) in [6.07, 6.45) is 4.18. The summed E-state index contributed by atoms with van der Waals surface area (Å²) < 4.78 is 8.15. The first-order valence-corrected chi connectivity index (χ1v) is 8.67. The number of hydrogen-bond acceptors (Lipinski definition) is 6. The van der Waals surface area contributed by atoms with Gasteiger partial charge in [0, 0.05) is 18.8 Å². The molecule has 2 aliphatic rings. The molecule has 1 atom stereocenters. The van der Waals surface area contributed by atoms with Gasteiger partial charge in [-0.1, -0.05) is 6.07 Å². The second kappa shape index (κ2) is 5.88. The molecule has 1 saturated heterocycles. The number of amides is 1. The molecule has 10 heteroatoms. The fourth-order valence-electron chi connectivity index (χ4n) is 3.75. The maximum atomic E-state index is 12.7. The first-order chi connectivity index (χ1) is 13.1. The molecule has 0 aromatic carbocycles. The van der Waals surface area contributed by atoms with Gasteiger partial charge in [0.25, 0.3) is 5.91 Å². The summed E-state index contributed by atoms with van der Waals surface area (Å²) in [6.45, 7) is 1.92. The van der Waals surface area contributed by atoms with Gasteiger partial charge in [0.1, 0.15) is 17.9 Å². The van der Waals surface area contributed by atoms with Crippen molar-refractivity contribution in [3.63, 3.8) is 0 Å². The third-order valence-corrected chi connectivity index (χ3v) is 5.14. The van der Waals surface area contributed by atoms with Gasteiger partial charge < -0.3 is 19.2 Å². The van der Waals surface area contributed by atoms with Gasteiger partial charge in [-0.25, -0.2) is 0 Å². The molecule has 3 aromatic rings. The molecule has 0 aliphatic carbocycles. The lowest BCUT2D eigenvalue weighted by Gasteiger charge is -2.34. The van der Waals surface area contributed by atoms with E-state index < -0.39 is 5.60 Å². The van der Waals surface area contributed by atoms with Crippen LogP contribution in [0.1, 0.15) is 22.7 Å². The molecule has 27 heavy (non-hydrogen) atoms. The van der Waals surface area contributed by atoms with Gasteiger partial charge in [0.15, 0.2) is 11.6 Å². The van der Waals surface area contributed by atoms with E-state index in [-0.39, 0.29) is 11.5 Å². The van der Waals surface area contributed by atoms with Crippen LogP contribution >= 0.6 is 0 Å². The second-order valence-corrected chi connectivity index (χ2v) is 6.89. The van der Waals surface area contributed by atoms with Gasteiger partial charge in [0.2, 0.25) is 5.56 Å². The molecular weight excluding hydrogens is 350 g/mol. The Morgan fingerprint density at radius 1 is 1.26 bits per heavy atom. The van der Waals surface area contributed by atoms with Gasteiger partial charge in [-0.05, 0) is 12.5 Å². The summed E-state index contributed by atoms with van der Waals surface area (Å²) in [7, 11) is 0. The predicted octanol–water partition coefficient (Wildman–Crippen LogP) is 0.172. The molecule has 3 aromatic heterocycles. The van der Waals surface area contributed by atoms with Crippen molar-refractivity contribution in [2.75, 3.05) is 13.1 Å². The summed E-state index contributed by atoms with van der Waals surface area (Å²) in [5.41, 5.74) is 0.374. The highest BCUT2D eigenvalue weighted by molar-refractivity contribution is 5.92.